The van der Waals surface area contributed by atoms with E-state index in [4.69, 9.17) is 14.3 Å². The summed E-state index contributed by atoms with van der Waals surface area (Å²) in [6.45, 7) is 1.48. The van der Waals surface area contributed by atoms with E-state index in [0.717, 1.165) is 6.08 Å². The second kappa shape index (κ2) is 3.41. The molecule has 1 N–H and O–H groups in total. The zero-order valence-electron chi connectivity index (χ0n) is 8.30. The number of carbonyl (C=O) groups excluding carboxylic acids is 1. The Bertz CT molecular complexity index is 458. The third kappa shape index (κ3) is 1.54. The third-order valence-electron chi connectivity index (χ3n) is 2.20. The standard InChI is InChI=1S/C10H8O6/c1-10(7-3-2-4-14-7)6(11)5-8(16-10)15-9(12)13/h2-5H,1H3,(H,12,13). The molecule has 1 atom stereocenters. The molecule has 6 heteroatoms. The fourth-order valence-electron chi connectivity index (χ4n) is 1.38. The van der Waals surface area contributed by atoms with Crippen LogP contribution in [0.15, 0.2) is 34.8 Å². The maximum absolute atomic E-state index is 11.7. The van der Waals surface area contributed by atoms with Gasteiger partial charge in [0.05, 0.1) is 12.3 Å². The molecule has 6 nitrogen and oxygen atoms in total. The lowest BCUT2D eigenvalue weighted by Gasteiger charge is -2.19. The molecule has 0 spiro atoms. The van der Waals surface area contributed by atoms with Gasteiger partial charge in [-0.3, -0.25) is 4.79 Å². The van der Waals surface area contributed by atoms with Crippen LogP contribution in [0.25, 0.3) is 0 Å². The van der Waals surface area contributed by atoms with Crippen molar-refractivity contribution in [3.05, 3.63) is 36.2 Å². The van der Waals surface area contributed by atoms with Crippen LogP contribution in [0.3, 0.4) is 0 Å². The molecule has 1 aliphatic heterocycles. The van der Waals surface area contributed by atoms with Gasteiger partial charge in [-0.1, -0.05) is 0 Å². The topological polar surface area (TPSA) is 86.0 Å². The molecule has 0 aliphatic carbocycles. The highest BCUT2D eigenvalue weighted by Gasteiger charge is 2.45. The lowest BCUT2D eigenvalue weighted by atomic mass is 9.99. The largest absolute Gasteiger partial charge is 0.513 e. The smallest absolute Gasteiger partial charge is 0.465 e. The van der Waals surface area contributed by atoms with Crippen LogP contribution in [-0.4, -0.2) is 17.0 Å². The molecule has 1 aliphatic rings. The van der Waals surface area contributed by atoms with Crippen molar-refractivity contribution in [3.8, 4) is 0 Å². The first-order valence-corrected chi connectivity index (χ1v) is 4.42. The van der Waals surface area contributed by atoms with Crippen molar-refractivity contribution in [2.75, 3.05) is 0 Å². The lowest BCUT2D eigenvalue weighted by molar-refractivity contribution is -0.134. The molecule has 0 bridgehead atoms. The summed E-state index contributed by atoms with van der Waals surface area (Å²) < 4.78 is 14.5. The fraction of sp³-hybridized carbons (Fsp3) is 0.200. The van der Waals surface area contributed by atoms with Gasteiger partial charge >= 0.3 is 6.16 Å². The number of carbonyl (C=O) groups is 2. The SMILES string of the molecule is CC1(c2ccco2)OC(OC(=O)O)=CC1=O. The summed E-state index contributed by atoms with van der Waals surface area (Å²) in [6.07, 6.45) is 0.840. The van der Waals surface area contributed by atoms with Gasteiger partial charge in [0.2, 0.25) is 11.4 Å². The van der Waals surface area contributed by atoms with E-state index in [2.05, 4.69) is 4.74 Å². The van der Waals surface area contributed by atoms with E-state index in [1.807, 2.05) is 0 Å². The van der Waals surface area contributed by atoms with Gasteiger partial charge in [-0.05, 0) is 19.1 Å². The van der Waals surface area contributed by atoms with Crippen molar-refractivity contribution in [3.63, 3.8) is 0 Å². The molecule has 0 saturated carbocycles. The summed E-state index contributed by atoms with van der Waals surface area (Å²) >= 11 is 0. The van der Waals surface area contributed by atoms with Crippen LogP contribution in [0.2, 0.25) is 0 Å². The molecule has 1 unspecified atom stereocenters. The first-order valence-electron chi connectivity index (χ1n) is 4.42. The van der Waals surface area contributed by atoms with E-state index in [0.29, 0.717) is 0 Å². The van der Waals surface area contributed by atoms with Crippen molar-refractivity contribution >= 4 is 11.9 Å². The van der Waals surface area contributed by atoms with Gasteiger partial charge in [-0.2, -0.15) is 0 Å². The van der Waals surface area contributed by atoms with Crippen LogP contribution >= 0.6 is 0 Å². The number of ether oxygens (including phenoxy) is 2. The van der Waals surface area contributed by atoms with E-state index in [1.54, 1.807) is 12.1 Å². The van der Waals surface area contributed by atoms with E-state index in [1.165, 1.54) is 13.2 Å². The Balaban J connectivity index is 2.23. The molecular weight excluding hydrogens is 216 g/mol. The Hall–Kier alpha value is -2.24. The van der Waals surface area contributed by atoms with Gasteiger partial charge in [-0.25, -0.2) is 4.79 Å². The highest BCUT2D eigenvalue weighted by molar-refractivity contribution is 5.99. The molecule has 84 valence electrons. The molecule has 2 rings (SSSR count). The second-order valence-corrected chi connectivity index (χ2v) is 3.31. The Morgan fingerprint density at radius 1 is 1.56 bits per heavy atom. The maximum atomic E-state index is 11.7. The van der Waals surface area contributed by atoms with Crippen molar-refractivity contribution < 1.29 is 28.6 Å². The summed E-state index contributed by atoms with van der Waals surface area (Å²) in [4.78, 5) is 21.9. The molecule has 0 radical (unpaired) electrons. The minimum absolute atomic E-state index is 0.290. The zero-order chi connectivity index (χ0) is 11.8. The predicted molar refractivity (Wildman–Crippen MR) is 49.3 cm³/mol. The van der Waals surface area contributed by atoms with E-state index in [9.17, 15) is 9.59 Å². The van der Waals surface area contributed by atoms with Crippen LogP contribution in [0.5, 0.6) is 0 Å². The molecule has 1 aromatic rings. The van der Waals surface area contributed by atoms with Gasteiger partial charge in [0.25, 0.3) is 5.95 Å². The van der Waals surface area contributed by atoms with Gasteiger partial charge in [-0.15, -0.1) is 0 Å². The van der Waals surface area contributed by atoms with Crippen LogP contribution in [0.1, 0.15) is 12.7 Å². The number of rotatable bonds is 2. The first kappa shape index (κ1) is 10.3. The summed E-state index contributed by atoms with van der Waals surface area (Å²) in [5, 5.41) is 8.38. The number of ketones is 1. The highest BCUT2D eigenvalue weighted by atomic mass is 16.8. The molecule has 0 aromatic carbocycles. The van der Waals surface area contributed by atoms with Gasteiger partial charge in [0.1, 0.15) is 0 Å². The summed E-state index contributed by atoms with van der Waals surface area (Å²) in [6, 6.07) is 3.17. The van der Waals surface area contributed by atoms with Crippen LogP contribution < -0.4 is 0 Å². The molecule has 0 saturated heterocycles. The molecule has 1 aromatic heterocycles. The average molecular weight is 224 g/mol. The highest BCUT2D eigenvalue weighted by Crippen LogP contribution is 2.35. The van der Waals surface area contributed by atoms with E-state index in [-0.39, 0.29) is 11.7 Å². The average Bonchev–Trinajstić information content (AvgIpc) is 2.75. The summed E-state index contributed by atoms with van der Waals surface area (Å²) in [5.41, 5.74) is -1.35. The maximum Gasteiger partial charge on any atom is 0.513 e. The summed E-state index contributed by atoms with van der Waals surface area (Å²) in [7, 11) is 0. The van der Waals surface area contributed by atoms with Crippen molar-refractivity contribution in [1.82, 2.24) is 0 Å². The van der Waals surface area contributed by atoms with Crippen LogP contribution in [0.4, 0.5) is 4.79 Å². The number of hydrogen-bond acceptors (Lipinski definition) is 5. The molecule has 0 amide bonds. The molecule has 0 fully saturated rings. The van der Waals surface area contributed by atoms with E-state index >= 15 is 0 Å². The Morgan fingerprint density at radius 3 is 2.88 bits per heavy atom. The molecule has 16 heavy (non-hydrogen) atoms. The van der Waals surface area contributed by atoms with Crippen molar-refractivity contribution in [1.29, 1.82) is 0 Å². The monoisotopic (exact) mass is 224 g/mol. The number of furan rings is 1. The van der Waals surface area contributed by atoms with Crippen molar-refractivity contribution in [2.45, 2.75) is 12.5 Å². The lowest BCUT2D eigenvalue weighted by Crippen LogP contribution is -2.29. The van der Waals surface area contributed by atoms with Crippen molar-refractivity contribution in [2.24, 2.45) is 0 Å². The Labute approximate surface area is 90.1 Å². The zero-order valence-corrected chi connectivity index (χ0v) is 8.30. The number of hydrogen-bond donors (Lipinski definition) is 1. The minimum Gasteiger partial charge on any atom is -0.465 e. The molecular formula is C10H8O6. The summed E-state index contributed by atoms with van der Waals surface area (Å²) in [5.74, 6) is -0.493. The first-order chi connectivity index (χ1) is 7.52. The predicted octanol–water partition coefficient (Wildman–Crippen LogP) is 1.63. The normalized spacial score (nSPS) is 23.8. The third-order valence-corrected chi connectivity index (χ3v) is 2.20. The Morgan fingerprint density at radius 2 is 2.31 bits per heavy atom. The Kier molecular flexibility index (Phi) is 2.19. The number of carboxylic acid groups (broad SMARTS) is 1. The van der Waals surface area contributed by atoms with Gasteiger partial charge < -0.3 is 19.0 Å². The molecule has 2 heterocycles. The quantitative estimate of drug-likeness (QED) is 0.768. The second-order valence-electron chi connectivity index (χ2n) is 3.31. The fourth-order valence-corrected chi connectivity index (χ4v) is 1.38. The van der Waals surface area contributed by atoms with Crippen LogP contribution in [-0.2, 0) is 19.9 Å². The van der Waals surface area contributed by atoms with Gasteiger partial charge in [0.15, 0.2) is 5.76 Å². The minimum atomic E-state index is -1.54. The van der Waals surface area contributed by atoms with E-state index < -0.39 is 17.5 Å². The van der Waals surface area contributed by atoms with Crippen LogP contribution in [0, 0.1) is 0 Å². The van der Waals surface area contributed by atoms with Gasteiger partial charge in [0, 0.05) is 0 Å².